The highest BCUT2D eigenvalue weighted by atomic mass is 16.5. The van der Waals surface area contributed by atoms with E-state index in [1.165, 1.54) is 24.8 Å². The number of methoxy groups -OCH3 is 1. The molecule has 3 rings (SSSR count). The van der Waals surface area contributed by atoms with E-state index in [1.807, 2.05) is 24.3 Å². The summed E-state index contributed by atoms with van der Waals surface area (Å²) in [4.78, 5) is 37.1. The summed E-state index contributed by atoms with van der Waals surface area (Å²) >= 11 is 0. The summed E-state index contributed by atoms with van der Waals surface area (Å²) in [6.45, 7) is 4.13. The number of carbonyl (C=O) groups excluding carboxylic acids is 3. The molecule has 7 nitrogen and oxygen atoms in total. The van der Waals surface area contributed by atoms with Crippen LogP contribution in [0.15, 0.2) is 46.5 Å². The van der Waals surface area contributed by atoms with E-state index in [9.17, 15) is 14.4 Å². The van der Waals surface area contributed by atoms with Gasteiger partial charge in [-0.3, -0.25) is 9.69 Å². The van der Waals surface area contributed by atoms with Crippen LogP contribution in [0, 0.1) is 0 Å². The molecule has 1 N–H and O–H groups in total. The van der Waals surface area contributed by atoms with E-state index in [0.29, 0.717) is 11.7 Å². The molecular formula is C20H20N2O5. The van der Waals surface area contributed by atoms with Crippen molar-refractivity contribution in [2.24, 2.45) is 0 Å². The molecule has 3 amide bonds. The van der Waals surface area contributed by atoms with Gasteiger partial charge >= 0.3 is 12.0 Å². The number of furan rings is 1. The average Bonchev–Trinajstić information content (AvgIpc) is 3.22. The van der Waals surface area contributed by atoms with Crippen molar-refractivity contribution in [3.63, 3.8) is 0 Å². The number of nitrogens with one attached hydrogen (secondary N) is 1. The van der Waals surface area contributed by atoms with E-state index in [-0.39, 0.29) is 18.0 Å². The minimum atomic E-state index is -0.621. The predicted octanol–water partition coefficient (Wildman–Crippen LogP) is 3.28. The summed E-state index contributed by atoms with van der Waals surface area (Å²) in [5.41, 5.74) is 2.20. The summed E-state index contributed by atoms with van der Waals surface area (Å²) < 4.78 is 9.88. The molecule has 1 aliphatic rings. The Hall–Kier alpha value is -3.35. The molecule has 0 spiro atoms. The van der Waals surface area contributed by atoms with Crippen LogP contribution < -0.4 is 5.32 Å². The number of carbonyl (C=O) groups is 3. The van der Waals surface area contributed by atoms with Gasteiger partial charge in [-0.25, -0.2) is 9.59 Å². The first-order valence-electron chi connectivity index (χ1n) is 8.50. The zero-order valence-electron chi connectivity index (χ0n) is 15.3. The molecule has 1 aliphatic heterocycles. The number of esters is 1. The Morgan fingerprint density at radius 2 is 1.89 bits per heavy atom. The zero-order valence-corrected chi connectivity index (χ0v) is 15.3. The molecular weight excluding hydrogens is 348 g/mol. The topological polar surface area (TPSA) is 88.9 Å². The fourth-order valence-electron chi connectivity index (χ4n) is 2.69. The largest absolute Gasteiger partial charge is 0.463 e. The number of ether oxygens (including phenoxy) is 1. The van der Waals surface area contributed by atoms with Gasteiger partial charge in [0, 0.05) is 0 Å². The third kappa shape index (κ3) is 3.92. The van der Waals surface area contributed by atoms with Crippen LogP contribution in [0.3, 0.4) is 0 Å². The number of benzene rings is 1. The highest BCUT2D eigenvalue weighted by Crippen LogP contribution is 2.20. The lowest BCUT2D eigenvalue weighted by Gasteiger charge is -2.09. The van der Waals surface area contributed by atoms with Gasteiger partial charge in [-0.05, 0) is 35.3 Å². The van der Waals surface area contributed by atoms with Crippen molar-refractivity contribution in [2.45, 2.75) is 26.3 Å². The Morgan fingerprint density at radius 3 is 2.52 bits per heavy atom. The molecule has 0 aliphatic carbocycles. The molecule has 0 bridgehead atoms. The molecule has 0 radical (unpaired) electrons. The van der Waals surface area contributed by atoms with Crippen LogP contribution in [0.2, 0.25) is 0 Å². The van der Waals surface area contributed by atoms with Gasteiger partial charge in [-0.15, -0.1) is 0 Å². The first-order valence-corrected chi connectivity index (χ1v) is 8.50. The van der Waals surface area contributed by atoms with Crippen LogP contribution in [-0.2, 0) is 16.1 Å². The molecule has 140 valence electrons. The smallest absolute Gasteiger partial charge is 0.373 e. The molecule has 1 aromatic heterocycles. The first kappa shape index (κ1) is 18.4. The van der Waals surface area contributed by atoms with Gasteiger partial charge in [-0.2, -0.15) is 0 Å². The normalized spacial score (nSPS) is 15.6. The van der Waals surface area contributed by atoms with Crippen molar-refractivity contribution in [1.82, 2.24) is 10.2 Å². The zero-order chi connectivity index (χ0) is 19.6. The van der Waals surface area contributed by atoms with E-state index in [0.717, 1.165) is 10.5 Å². The molecule has 0 atom stereocenters. The molecule has 27 heavy (non-hydrogen) atoms. The van der Waals surface area contributed by atoms with Crippen molar-refractivity contribution >= 4 is 24.0 Å². The standard InChI is InChI=1S/C20H20N2O5/c1-12(2)14-6-4-13(5-7-14)10-16-18(23)22(20(25)21-16)11-15-8-9-17(27-15)19(24)26-3/h4-10,12H,11H2,1-3H3,(H,21,25). The second-order valence-corrected chi connectivity index (χ2v) is 6.46. The number of hydrogen-bond acceptors (Lipinski definition) is 5. The van der Waals surface area contributed by atoms with Crippen molar-refractivity contribution in [1.29, 1.82) is 0 Å². The van der Waals surface area contributed by atoms with Crippen LogP contribution in [0.1, 0.15) is 47.2 Å². The highest BCUT2D eigenvalue weighted by Gasteiger charge is 2.34. The van der Waals surface area contributed by atoms with Gasteiger partial charge in [0.15, 0.2) is 0 Å². The lowest BCUT2D eigenvalue weighted by molar-refractivity contribution is -0.123. The maximum Gasteiger partial charge on any atom is 0.373 e. The number of imide groups is 1. The second-order valence-electron chi connectivity index (χ2n) is 6.46. The second kappa shape index (κ2) is 7.49. The van der Waals surface area contributed by atoms with Crippen LogP contribution in [-0.4, -0.2) is 29.9 Å². The van der Waals surface area contributed by atoms with E-state index in [2.05, 4.69) is 23.9 Å². The van der Waals surface area contributed by atoms with E-state index in [1.54, 1.807) is 6.08 Å². The molecule has 1 fully saturated rings. The van der Waals surface area contributed by atoms with Crippen LogP contribution in [0.25, 0.3) is 6.08 Å². The lowest BCUT2D eigenvalue weighted by atomic mass is 10.0. The summed E-state index contributed by atoms with van der Waals surface area (Å²) in [5.74, 6) is -0.340. The predicted molar refractivity (Wildman–Crippen MR) is 97.6 cm³/mol. The fourth-order valence-corrected chi connectivity index (χ4v) is 2.69. The average molecular weight is 368 g/mol. The van der Waals surface area contributed by atoms with Crippen molar-refractivity contribution < 1.29 is 23.5 Å². The number of rotatable bonds is 5. The maximum atomic E-state index is 12.5. The summed E-state index contributed by atoms with van der Waals surface area (Å²) in [7, 11) is 1.24. The Morgan fingerprint density at radius 1 is 1.19 bits per heavy atom. The maximum absolute atomic E-state index is 12.5. The van der Waals surface area contributed by atoms with Gasteiger partial charge in [-0.1, -0.05) is 38.1 Å². The summed E-state index contributed by atoms with van der Waals surface area (Å²) in [6, 6.07) is 10.2. The molecule has 1 aromatic carbocycles. The molecule has 2 aromatic rings. The van der Waals surface area contributed by atoms with Gasteiger partial charge in [0.25, 0.3) is 5.91 Å². The highest BCUT2D eigenvalue weighted by molar-refractivity contribution is 6.13. The minimum Gasteiger partial charge on any atom is -0.463 e. The SMILES string of the molecule is COC(=O)c1ccc(CN2C(=O)NC(=Cc3ccc(C(C)C)cc3)C2=O)o1. The van der Waals surface area contributed by atoms with Gasteiger partial charge < -0.3 is 14.5 Å². The molecule has 1 saturated heterocycles. The van der Waals surface area contributed by atoms with E-state index in [4.69, 9.17) is 4.42 Å². The first-order chi connectivity index (χ1) is 12.9. The minimum absolute atomic E-state index is 0.0144. The molecule has 0 saturated carbocycles. The Bertz CT molecular complexity index is 909. The number of nitrogens with zero attached hydrogens (tertiary/aromatic N) is 1. The lowest BCUT2D eigenvalue weighted by Crippen LogP contribution is -2.30. The number of amides is 3. The monoisotopic (exact) mass is 368 g/mol. The Labute approximate surface area is 156 Å². The third-order valence-corrected chi connectivity index (χ3v) is 4.24. The van der Waals surface area contributed by atoms with Crippen molar-refractivity contribution in [3.8, 4) is 0 Å². The van der Waals surface area contributed by atoms with Crippen LogP contribution in [0.4, 0.5) is 4.79 Å². The third-order valence-electron chi connectivity index (χ3n) is 4.24. The van der Waals surface area contributed by atoms with Gasteiger partial charge in [0.1, 0.15) is 11.5 Å². The molecule has 0 unspecified atom stereocenters. The van der Waals surface area contributed by atoms with Crippen molar-refractivity contribution in [3.05, 3.63) is 64.7 Å². The number of hydrogen-bond donors (Lipinski definition) is 1. The number of urea groups is 1. The van der Waals surface area contributed by atoms with Crippen LogP contribution >= 0.6 is 0 Å². The molecule has 2 heterocycles. The van der Waals surface area contributed by atoms with Crippen molar-refractivity contribution in [2.75, 3.05) is 7.11 Å². The summed E-state index contributed by atoms with van der Waals surface area (Å²) in [6.07, 6.45) is 1.63. The summed E-state index contributed by atoms with van der Waals surface area (Å²) in [5, 5.41) is 2.57. The molecule has 7 heteroatoms. The van der Waals surface area contributed by atoms with Gasteiger partial charge in [0.2, 0.25) is 5.76 Å². The Balaban J connectivity index is 1.74. The fraction of sp³-hybridized carbons (Fsp3) is 0.250. The Kier molecular flexibility index (Phi) is 5.12. The van der Waals surface area contributed by atoms with Crippen LogP contribution in [0.5, 0.6) is 0 Å². The van der Waals surface area contributed by atoms with E-state index < -0.39 is 17.9 Å². The van der Waals surface area contributed by atoms with E-state index >= 15 is 0 Å². The quantitative estimate of drug-likeness (QED) is 0.497. The van der Waals surface area contributed by atoms with Gasteiger partial charge in [0.05, 0.1) is 13.7 Å².